The van der Waals surface area contributed by atoms with E-state index in [1.165, 1.54) is 16.4 Å². The largest absolute Gasteiger partial charge is 0.402 e. The molecule has 0 radical (unpaired) electrons. The predicted molar refractivity (Wildman–Crippen MR) is 108 cm³/mol. The van der Waals surface area contributed by atoms with Crippen molar-refractivity contribution in [2.45, 2.75) is 18.7 Å². The molecule has 0 amide bonds. The number of ether oxygens (including phenoxy) is 1. The van der Waals surface area contributed by atoms with Crippen molar-refractivity contribution in [3.63, 3.8) is 0 Å². The molecule has 0 aromatic heterocycles. The average Bonchev–Trinajstić information content (AvgIpc) is 3.10. The number of sulfonamides is 1. The summed E-state index contributed by atoms with van der Waals surface area (Å²) in [6.45, 7) is 4.26. The smallest absolute Gasteiger partial charge is 0.363 e. The minimum absolute atomic E-state index is 0.0477. The van der Waals surface area contributed by atoms with Crippen LogP contribution < -0.4 is 0 Å². The third-order valence-electron chi connectivity index (χ3n) is 4.39. The first-order valence-electron chi connectivity index (χ1n) is 9.02. The standard InChI is InChI=1S/C21H19N3O4S/c1-3-24(4-2)29(26,27)18-7-5-6-17(13-18)20-23-19(21(25)28-20)12-15-8-10-16(14-22)11-9-15/h5-13H,3-4H2,1-2H3/b19-12+. The third kappa shape index (κ3) is 4.26. The summed E-state index contributed by atoms with van der Waals surface area (Å²) in [5, 5.41) is 8.85. The second-order valence-corrected chi connectivity index (χ2v) is 8.12. The Bertz CT molecular complexity index is 1140. The van der Waals surface area contributed by atoms with Gasteiger partial charge in [0.15, 0.2) is 5.70 Å². The van der Waals surface area contributed by atoms with Crippen LogP contribution in [0, 0.1) is 11.3 Å². The minimum Gasteiger partial charge on any atom is -0.402 e. The number of benzene rings is 2. The predicted octanol–water partition coefficient (Wildman–Crippen LogP) is 2.93. The van der Waals surface area contributed by atoms with Crippen LogP contribution in [0.4, 0.5) is 0 Å². The van der Waals surface area contributed by atoms with Crippen molar-refractivity contribution in [2.75, 3.05) is 13.1 Å². The molecule has 2 aromatic rings. The van der Waals surface area contributed by atoms with Gasteiger partial charge >= 0.3 is 5.97 Å². The van der Waals surface area contributed by atoms with E-state index in [-0.39, 0.29) is 16.5 Å². The Hall–Kier alpha value is -3.28. The van der Waals surface area contributed by atoms with Crippen molar-refractivity contribution in [2.24, 2.45) is 4.99 Å². The van der Waals surface area contributed by atoms with E-state index in [2.05, 4.69) is 4.99 Å². The Balaban J connectivity index is 1.93. The highest BCUT2D eigenvalue weighted by Gasteiger charge is 2.27. The van der Waals surface area contributed by atoms with Gasteiger partial charge in [0.25, 0.3) is 0 Å². The number of carbonyl (C=O) groups is 1. The Kier molecular flexibility index (Phi) is 5.92. The molecule has 0 unspecified atom stereocenters. The molecule has 1 aliphatic heterocycles. The van der Waals surface area contributed by atoms with E-state index in [0.717, 1.165) is 0 Å². The maximum Gasteiger partial charge on any atom is 0.363 e. The topological polar surface area (TPSA) is 99.8 Å². The van der Waals surface area contributed by atoms with Crippen molar-refractivity contribution in [3.8, 4) is 6.07 Å². The van der Waals surface area contributed by atoms with Crippen LogP contribution in [0.15, 0.2) is 64.1 Å². The first-order valence-corrected chi connectivity index (χ1v) is 10.5. The van der Waals surface area contributed by atoms with Crippen LogP contribution in [-0.4, -0.2) is 37.7 Å². The summed E-state index contributed by atoms with van der Waals surface area (Å²) in [6.07, 6.45) is 1.55. The van der Waals surface area contributed by atoms with E-state index in [1.54, 1.807) is 56.3 Å². The van der Waals surface area contributed by atoms with Gasteiger partial charge in [0.1, 0.15) is 0 Å². The number of hydrogen-bond acceptors (Lipinski definition) is 6. The second-order valence-electron chi connectivity index (χ2n) is 6.19. The van der Waals surface area contributed by atoms with Gasteiger partial charge in [0, 0.05) is 18.7 Å². The van der Waals surface area contributed by atoms with Crippen molar-refractivity contribution in [1.82, 2.24) is 4.31 Å². The number of nitrogens with zero attached hydrogens (tertiary/aromatic N) is 3. The first kappa shape index (κ1) is 20.5. The molecule has 0 saturated carbocycles. The maximum absolute atomic E-state index is 12.7. The highest BCUT2D eigenvalue weighted by atomic mass is 32.2. The Morgan fingerprint density at radius 2 is 1.83 bits per heavy atom. The van der Waals surface area contributed by atoms with Crippen LogP contribution in [0.2, 0.25) is 0 Å². The number of carbonyl (C=O) groups excluding carboxylic acids is 1. The van der Waals surface area contributed by atoms with E-state index in [4.69, 9.17) is 10.00 Å². The lowest BCUT2D eigenvalue weighted by molar-refractivity contribution is -0.129. The van der Waals surface area contributed by atoms with Crippen molar-refractivity contribution in [1.29, 1.82) is 5.26 Å². The summed E-state index contributed by atoms with van der Waals surface area (Å²) in [5.74, 6) is -0.576. The van der Waals surface area contributed by atoms with Crippen LogP contribution in [-0.2, 0) is 19.6 Å². The lowest BCUT2D eigenvalue weighted by Crippen LogP contribution is -2.30. The van der Waals surface area contributed by atoms with Crippen molar-refractivity contribution in [3.05, 3.63) is 70.9 Å². The van der Waals surface area contributed by atoms with Crippen molar-refractivity contribution < 1.29 is 17.9 Å². The quantitative estimate of drug-likeness (QED) is 0.539. The molecule has 0 aliphatic carbocycles. The molecule has 0 fully saturated rings. The zero-order valence-electron chi connectivity index (χ0n) is 16.0. The molecular weight excluding hydrogens is 390 g/mol. The number of rotatable bonds is 6. The average molecular weight is 409 g/mol. The van der Waals surface area contributed by atoms with Crippen LogP contribution in [0.1, 0.15) is 30.5 Å². The summed E-state index contributed by atoms with van der Waals surface area (Å²) < 4.78 is 32.0. The van der Waals surface area contributed by atoms with Gasteiger partial charge in [-0.15, -0.1) is 0 Å². The number of cyclic esters (lactones) is 1. The van der Waals surface area contributed by atoms with Crippen LogP contribution >= 0.6 is 0 Å². The lowest BCUT2D eigenvalue weighted by Gasteiger charge is -2.18. The molecule has 148 valence electrons. The fraction of sp³-hybridized carbons (Fsp3) is 0.190. The Morgan fingerprint density at radius 3 is 2.45 bits per heavy atom. The molecule has 1 aliphatic rings. The Morgan fingerprint density at radius 1 is 1.14 bits per heavy atom. The van der Waals surface area contributed by atoms with Gasteiger partial charge in [-0.05, 0) is 42.0 Å². The van der Waals surface area contributed by atoms with E-state index >= 15 is 0 Å². The fourth-order valence-electron chi connectivity index (χ4n) is 2.85. The molecule has 8 heteroatoms. The van der Waals surface area contributed by atoms with E-state index in [9.17, 15) is 13.2 Å². The van der Waals surface area contributed by atoms with Crippen LogP contribution in [0.3, 0.4) is 0 Å². The summed E-state index contributed by atoms with van der Waals surface area (Å²) in [6, 6.07) is 14.9. The SMILES string of the molecule is CCN(CC)S(=O)(=O)c1cccc(C2=N/C(=C/c3ccc(C#N)cc3)C(=O)O2)c1. The number of nitriles is 1. The molecule has 7 nitrogen and oxygen atoms in total. The van der Waals surface area contributed by atoms with E-state index in [0.29, 0.717) is 29.8 Å². The van der Waals surface area contributed by atoms with Crippen LogP contribution in [0.25, 0.3) is 6.08 Å². The fourth-order valence-corrected chi connectivity index (χ4v) is 4.35. The van der Waals surface area contributed by atoms with Gasteiger partial charge in [0.2, 0.25) is 15.9 Å². The normalized spacial score (nSPS) is 15.3. The molecule has 29 heavy (non-hydrogen) atoms. The molecular formula is C21H19N3O4S. The zero-order chi connectivity index (χ0) is 21.0. The van der Waals surface area contributed by atoms with Gasteiger partial charge in [-0.2, -0.15) is 9.57 Å². The van der Waals surface area contributed by atoms with E-state index < -0.39 is 16.0 Å². The molecule has 0 N–H and O–H groups in total. The van der Waals surface area contributed by atoms with Gasteiger partial charge in [-0.25, -0.2) is 18.2 Å². The molecule has 0 saturated heterocycles. The molecule has 1 heterocycles. The molecule has 0 atom stereocenters. The highest BCUT2D eigenvalue weighted by molar-refractivity contribution is 7.89. The number of aliphatic imine (C=N–C) groups is 1. The van der Waals surface area contributed by atoms with Gasteiger partial charge in [-0.3, -0.25) is 0 Å². The summed E-state index contributed by atoms with van der Waals surface area (Å²) >= 11 is 0. The summed E-state index contributed by atoms with van der Waals surface area (Å²) in [4.78, 5) is 16.5. The summed E-state index contributed by atoms with van der Waals surface area (Å²) in [5.41, 5.74) is 1.70. The molecule has 3 rings (SSSR count). The highest BCUT2D eigenvalue weighted by Crippen LogP contribution is 2.22. The zero-order valence-corrected chi connectivity index (χ0v) is 16.8. The lowest BCUT2D eigenvalue weighted by atomic mass is 10.1. The summed E-state index contributed by atoms with van der Waals surface area (Å²) in [7, 11) is -3.64. The maximum atomic E-state index is 12.7. The van der Waals surface area contributed by atoms with E-state index in [1.807, 2.05) is 6.07 Å². The van der Waals surface area contributed by atoms with Gasteiger partial charge in [-0.1, -0.05) is 32.0 Å². The third-order valence-corrected chi connectivity index (χ3v) is 6.43. The molecule has 0 bridgehead atoms. The molecule has 0 spiro atoms. The van der Waals surface area contributed by atoms with Gasteiger partial charge < -0.3 is 4.74 Å². The molecule has 2 aromatic carbocycles. The number of hydrogen-bond donors (Lipinski definition) is 0. The monoisotopic (exact) mass is 409 g/mol. The first-order chi connectivity index (χ1) is 13.9. The van der Waals surface area contributed by atoms with Crippen molar-refractivity contribution >= 4 is 28.0 Å². The second kappa shape index (κ2) is 8.39. The minimum atomic E-state index is -3.64. The van der Waals surface area contributed by atoms with Crippen LogP contribution in [0.5, 0.6) is 0 Å². The van der Waals surface area contributed by atoms with Gasteiger partial charge in [0.05, 0.1) is 16.5 Å². The number of esters is 1. The Labute approximate surface area is 169 Å².